The van der Waals surface area contributed by atoms with Crippen LogP contribution in [0.15, 0.2) is 4.52 Å². The average Bonchev–Trinajstić information content (AvgIpc) is 2.62. The first-order valence-electron chi connectivity index (χ1n) is 5.26. The van der Waals surface area contributed by atoms with Gasteiger partial charge in [-0.2, -0.15) is 4.98 Å². The highest BCUT2D eigenvalue weighted by Gasteiger charge is 2.05. The molecule has 0 spiro atoms. The number of rotatable bonds is 7. The molecule has 1 heterocycles. The maximum absolute atomic E-state index is 5.09. The minimum atomic E-state index is 0.487. The summed E-state index contributed by atoms with van der Waals surface area (Å²) in [5, 5.41) is 7.15. The predicted molar refractivity (Wildman–Crippen MR) is 56.7 cm³/mol. The highest BCUT2D eigenvalue weighted by Crippen LogP contribution is 1.99. The minimum Gasteiger partial charge on any atom is -0.384 e. The van der Waals surface area contributed by atoms with Crippen LogP contribution in [0.2, 0.25) is 0 Å². The molecule has 0 radical (unpaired) electrons. The molecular weight excluding hydrogens is 194 g/mol. The van der Waals surface area contributed by atoms with Gasteiger partial charge in [0.1, 0.15) is 0 Å². The Labute approximate surface area is 90.2 Å². The molecule has 0 saturated heterocycles. The largest absolute Gasteiger partial charge is 0.384 e. The summed E-state index contributed by atoms with van der Waals surface area (Å²) >= 11 is 0. The lowest BCUT2D eigenvalue weighted by Crippen LogP contribution is -2.25. The van der Waals surface area contributed by atoms with Crippen molar-refractivity contribution in [3.63, 3.8) is 0 Å². The van der Waals surface area contributed by atoms with Gasteiger partial charge in [-0.3, -0.25) is 0 Å². The molecular formula is C10H19N3O2. The van der Waals surface area contributed by atoms with Crippen LogP contribution in [-0.2, 0) is 17.6 Å². The number of ether oxygens (including phenoxy) is 1. The van der Waals surface area contributed by atoms with E-state index in [-0.39, 0.29) is 0 Å². The summed E-state index contributed by atoms with van der Waals surface area (Å²) in [6, 6.07) is 0.487. The summed E-state index contributed by atoms with van der Waals surface area (Å²) in [6.07, 6.45) is 1.48. The maximum atomic E-state index is 5.09. The number of nitrogens with zero attached hydrogens (tertiary/aromatic N) is 2. The molecule has 15 heavy (non-hydrogen) atoms. The van der Waals surface area contributed by atoms with Gasteiger partial charge in [-0.15, -0.1) is 0 Å². The van der Waals surface area contributed by atoms with Crippen molar-refractivity contribution in [2.75, 3.05) is 20.3 Å². The topological polar surface area (TPSA) is 60.2 Å². The second-order valence-corrected chi connectivity index (χ2v) is 3.71. The Balaban J connectivity index is 2.26. The lowest BCUT2D eigenvalue weighted by Gasteiger charge is -2.04. The molecule has 5 nitrogen and oxygen atoms in total. The zero-order valence-corrected chi connectivity index (χ0v) is 9.62. The molecule has 0 aromatic carbocycles. The van der Waals surface area contributed by atoms with Gasteiger partial charge >= 0.3 is 0 Å². The summed E-state index contributed by atoms with van der Waals surface area (Å²) in [5.74, 6) is 1.41. The molecule has 0 saturated carbocycles. The van der Waals surface area contributed by atoms with E-state index in [1.54, 1.807) is 7.11 Å². The van der Waals surface area contributed by atoms with Crippen LogP contribution in [0.25, 0.3) is 0 Å². The third kappa shape index (κ3) is 4.90. The van der Waals surface area contributed by atoms with Crippen LogP contribution in [-0.4, -0.2) is 36.4 Å². The van der Waals surface area contributed by atoms with Crippen LogP contribution in [0.5, 0.6) is 0 Å². The zero-order chi connectivity index (χ0) is 11.1. The van der Waals surface area contributed by atoms with Crippen LogP contribution >= 0.6 is 0 Å². The third-order valence-electron chi connectivity index (χ3n) is 1.93. The van der Waals surface area contributed by atoms with Crippen molar-refractivity contribution >= 4 is 0 Å². The van der Waals surface area contributed by atoms with E-state index in [0.29, 0.717) is 25.0 Å². The van der Waals surface area contributed by atoms with Gasteiger partial charge in [0.05, 0.1) is 6.61 Å². The van der Waals surface area contributed by atoms with E-state index in [0.717, 1.165) is 18.8 Å². The van der Waals surface area contributed by atoms with E-state index in [4.69, 9.17) is 9.26 Å². The molecule has 1 aromatic heterocycles. The van der Waals surface area contributed by atoms with Crippen LogP contribution < -0.4 is 5.32 Å². The zero-order valence-electron chi connectivity index (χ0n) is 9.62. The molecule has 0 amide bonds. The Morgan fingerprint density at radius 1 is 1.40 bits per heavy atom. The monoisotopic (exact) mass is 213 g/mol. The highest BCUT2D eigenvalue weighted by molar-refractivity contribution is 4.87. The van der Waals surface area contributed by atoms with Crippen molar-refractivity contribution in [3.8, 4) is 0 Å². The second kappa shape index (κ2) is 6.53. The van der Waals surface area contributed by atoms with Crippen molar-refractivity contribution < 1.29 is 9.26 Å². The molecule has 0 bridgehead atoms. The molecule has 0 aliphatic rings. The number of hydrogen-bond donors (Lipinski definition) is 1. The lowest BCUT2D eigenvalue weighted by atomic mass is 10.3. The van der Waals surface area contributed by atoms with Gasteiger partial charge < -0.3 is 14.6 Å². The standard InChI is InChI=1S/C10H19N3O2/c1-8(2)11-6-4-10-12-9(13-15-10)5-7-14-3/h8,11H,4-7H2,1-3H3. The summed E-state index contributed by atoms with van der Waals surface area (Å²) in [7, 11) is 1.66. The number of hydrogen-bond acceptors (Lipinski definition) is 5. The summed E-state index contributed by atoms with van der Waals surface area (Å²) in [4.78, 5) is 4.25. The summed E-state index contributed by atoms with van der Waals surface area (Å²) in [6.45, 7) is 5.71. The quantitative estimate of drug-likeness (QED) is 0.726. The fourth-order valence-corrected chi connectivity index (χ4v) is 1.15. The molecule has 0 atom stereocenters. The van der Waals surface area contributed by atoms with Crippen molar-refractivity contribution in [3.05, 3.63) is 11.7 Å². The Hall–Kier alpha value is -0.940. The fourth-order valence-electron chi connectivity index (χ4n) is 1.15. The van der Waals surface area contributed by atoms with Crippen molar-refractivity contribution in [2.24, 2.45) is 0 Å². The van der Waals surface area contributed by atoms with Crippen LogP contribution in [0.4, 0.5) is 0 Å². The molecule has 86 valence electrons. The first-order valence-corrected chi connectivity index (χ1v) is 5.26. The lowest BCUT2D eigenvalue weighted by molar-refractivity contribution is 0.199. The van der Waals surface area contributed by atoms with Crippen molar-refractivity contribution in [1.29, 1.82) is 0 Å². The minimum absolute atomic E-state index is 0.487. The van der Waals surface area contributed by atoms with Crippen LogP contribution in [0, 0.1) is 0 Å². The number of aromatic nitrogens is 2. The predicted octanol–water partition coefficient (Wildman–Crippen LogP) is 0.799. The maximum Gasteiger partial charge on any atom is 0.227 e. The first kappa shape index (κ1) is 12.1. The SMILES string of the molecule is COCCc1noc(CCNC(C)C)n1. The molecule has 0 aliphatic heterocycles. The molecule has 0 fully saturated rings. The van der Waals surface area contributed by atoms with Crippen molar-refractivity contribution in [1.82, 2.24) is 15.5 Å². The molecule has 1 rings (SSSR count). The molecule has 1 aromatic rings. The van der Waals surface area contributed by atoms with E-state index >= 15 is 0 Å². The van der Waals surface area contributed by atoms with Crippen LogP contribution in [0.3, 0.4) is 0 Å². The van der Waals surface area contributed by atoms with E-state index < -0.39 is 0 Å². The Morgan fingerprint density at radius 2 is 2.20 bits per heavy atom. The fraction of sp³-hybridized carbons (Fsp3) is 0.800. The van der Waals surface area contributed by atoms with E-state index in [9.17, 15) is 0 Å². The second-order valence-electron chi connectivity index (χ2n) is 3.71. The van der Waals surface area contributed by atoms with Gasteiger partial charge in [0.15, 0.2) is 5.82 Å². The Bertz CT molecular complexity index is 273. The smallest absolute Gasteiger partial charge is 0.227 e. The molecule has 5 heteroatoms. The summed E-state index contributed by atoms with van der Waals surface area (Å²) < 4.78 is 10.0. The van der Waals surface area contributed by atoms with Crippen molar-refractivity contribution in [2.45, 2.75) is 32.7 Å². The van der Waals surface area contributed by atoms with Gasteiger partial charge in [0, 0.05) is 32.5 Å². The van der Waals surface area contributed by atoms with E-state index in [2.05, 4.69) is 29.3 Å². The average molecular weight is 213 g/mol. The van der Waals surface area contributed by atoms with E-state index in [1.807, 2.05) is 0 Å². The van der Waals surface area contributed by atoms with Gasteiger partial charge in [0.2, 0.25) is 5.89 Å². The van der Waals surface area contributed by atoms with Gasteiger partial charge in [0.25, 0.3) is 0 Å². The number of methoxy groups -OCH3 is 1. The molecule has 0 aliphatic carbocycles. The normalized spacial score (nSPS) is 11.2. The summed E-state index contributed by atoms with van der Waals surface area (Å²) in [5.41, 5.74) is 0. The van der Waals surface area contributed by atoms with Gasteiger partial charge in [-0.05, 0) is 0 Å². The molecule has 1 N–H and O–H groups in total. The Kier molecular flexibility index (Phi) is 5.28. The van der Waals surface area contributed by atoms with Crippen LogP contribution in [0.1, 0.15) is 25.6 Å². The first-order chi connectivity index (χ1) is 7.22. The van der Waals surface area contributed by atoms with Gasteiger partial charge in [-0.25, -0.2) is 0 Å². The third-order valence-corrected chi connectivity index (χ3v) is 1.93. The number of nitrogens with one attached hydrogen (secondary N) is 1. The highest BCUT2D eigenvalue weighted by atomic mass is 16.5. The molecule has 0 unspecified atom stereocenters. The van der Waals surface area contributed by atoms with E-state index in [1.165, 1.54) is 0 Å². The van der Waals surface area contributed by atoms with Gasteiger partial charge in [-0.1, -0.05) is 19.0 Å². The Morgan fingerprint density at radius 3 is 2.87 bits per heavy atom.